The van der Waals surface area contributed by atoms with Crippen LogP contribution >= 0.6 is 0 Å². The van der Waals surface area contributed by atoms with Gasteiger partial charge in [0.15, 0.2) is 6.04 Å². The predicted octanol–water partition coefficient (Wildman–Crippen LogP) is -0.00160. The SMILES string of the molecule is CC(C)CCN1C=N[C@H]2C(=O)N=C(N)N=C21. The first-order valence-corrected chi connectivity index (χ1v) is 5.34. The molecule has 6 heteroatoms. The van der Waals surface area contributed by atoms with E-state index >= 15 is 0 Å². The summed E-state index contributed by atoms with van der Waals surface area (Å²) in [5, 5.41) is 0. The molecule has 6 nitrogen and oxygen atoms in total. The van der Waals surface area contributed by atoms with E-state index in [9.17, 15) is 4.79 Å². The number of fused-ring (bicyclic) bond motifs is 1. The van der Waals surface area contributed by atoms with Crippen molar-refractivity contribution in [1.29, 1.82) is 0 Å². The number of carbonyl (C=O) groups is 1. The number of rotatable bonds is 3. The van der Waals surface area contributed by atoms with Gasteiger partial charge >= 0.3 is 0 Å². The minimum absolute atomic E-state index is 0.0243. The number of aliphatic imine (C=N–C) groups is 3. The maximum absolute atomic E-state index is 11.5. The molecular weight excluding hydrogens is 206 g/mol. The Morgan fingerprint density at radius 2 is 2.25 bits per heavy atom. The van der Waals surface area contributed by atoms with Gasteiger partial charge in [0.1, 0.15) is 5.84 Å². The van der Waals surface area contributed by atoms with Gasteiger partial charge in [-0.2, -0.15) is 9.98 Å². The van der Waals surface area contributed by atoms with Crippen molar-refractivity contribution in [3.8, 4) is 0 Å². The summed E-state index contributed by atoms with van der Waals surface area (Å²) in [7, 11) is 0. The zero-order valence-corrected chi connectivity index (χ0v) is 9.42. The van der Waals surface area contributed by atoms with Crippen molar-refractivity contribution < 1.29 is 4.79 Å². The lowest BCUT2D eigenvalue weighted by Crippen LogP contribution is -2.40. The van der Waals surface area contributed by atoms with Crippen LogP contribution in [-0.2, 0) is 4.79 Å². The Kier molecular flexibility index (Phi) is 2.72. The Bertz CT molecular complexity index is 396. The van der Waals surface area contributed by atoms with E-state index in [4.69, 9.17) is 5.73 Å². The molecule has 86 valence electrons. The summed E-state index contributed by atoms with van der Waals surface area (Å²) in [6.07, 6.45) is 2.67. The second-order valence-corrected chi connectivity index (χ2v) is 4.32. The van der Waals surface area contributed by atoms with Crippen LogP contribution in [0, 0.1) is 5.92 Å². The summed E-state index contributed by atoms with van der Waals surface area (Å²) in [4.78, 5) is 25.1. The number of carbonyl (C=O) groups excluding carboxylic acids is 1. The van der Waals surface area contributed by atoms with Crippen molar-refractivity contribution in [1.82, 2.24) is 4.90 Å². The summed E-state index contributed by atoms with van der Waals surface area (Å²) in [6, 6.07) is -0.570. The van der Waals surface area contributed by atoms with Crippen LogP contribution in [0.5, 0.6) is 0 Å². The molecule has 0 bridgehead atoms. The van der Waals surface area contributed by atoms with E-state index in [0.717, 1.165) is 13.0 Å². The van der Waals surface area contributed by atoms with Gasteiger partial charge in [-0.25, -0.2) is 0 Å². The largest absolute Gasteiger partial charge is 0.368 e. The maximum Gasteiger partial charge on any atom is 0.281 e. The number of nitrogens with zero attached hydrogens (tertiary/aromatic N) is 4. The van der Waals surface area contributed by atoms with E-state index in [1.165, 1.54) is 0 Å². The third kappa shape index (κ3) is 1.95. The smallest absolute Gasteiger partial charge is 0.281 e. The molecule has 0 spiro atoms. The molecule has 0 unspecified atom stereocenters. The first kappa shape index (κ1) is 10.8. The van der Waals surface area contributed by atoms with Gasteiger partial charge < -0.3 is 10.6 Å². The van der Waals surface area contributed by atoms with E-state index in [-0.39, 0.29) is 11.9 Å². The molecule has 0 aliphatic carbocycles. The molecule has 2 rings (SSSR count). The van der Waals surface area contributed by atoms with Gasteiger partial charge in [0, 0.05) is 6.54 Å². The van der Waals surface area contributed by atoms with Crippen LogP contribution in [0.4, 0.5) is 0 Å². The lowest BCUT2D eigenvalue weighted by atomic mass is 10.1. The van der Waals surface area contributed by atoms with Gasteiger partial charge in [-0.3, -0.25) is 9.79 Å². The van der Waals surface area contributed by atoms with Gasteiger partial charge in [0.2, 0.25) is 5.96 Å². The third-order valence-corrected chi connectivity index (χ3v) is 2.53. The Morgan fingerprint density at radius 3 is 2.94 bits per heavy atom. The monoisotopic (exact) mass is 221 g/mol. The molecule has 16 heavy (non-hydrogen) atoms. The van der Waals surface area contributed by atoms with Gasteiger partial charge in [-0.05, 0) is 12.3 Å². The molecule has 0 aromatic carbocycles. The highest BCUT2D eigenvalue weighted by Gasteiger charge is 2.34. The van der Waals surface area contributed by atoms with Crippen molar-refractivity contribution in [2.75, 3.05) is 6.54 Å². The Hall–Kier alpha value is -1.72. The van der Waals surface area contributed by atoms with Crippen LogP contribution in [0.2, 0.25) is 0 Å². The second-order valence-electron chi connectivity index (χ2n) is 4.32. The number of nitrogens with two attached hydrogens (primary N) is 1. The highest BCUT2D eigenvalue weighted by atomic mass is 16.2. The van der Waals surface area contributed by atoms with Crippen LogP contribution in [0.3, 0.4) is 0 Å². The summed E-state index contributed by atoms with van der Waals surface area (Å²) < 4.78 is 0. The standard InChI is InChI=1S/C10H15N5O/c1-6(2)3-4-15-5-12-7-8(15)13-10(11)14-9(7)16/h5-7H,3-4H2,1-2H3,(H2,11,14,16)/t7-/m1/s1. The van der Waals surface area contributed by atoms with E-state index in [1.807, 2.05) is 4.90 Å². The fourth-order valence-electron chi connectivity index (χ4n) is 1.62. The predicted molar refractivity (Wildman–Crippen MR) is 62.5 cm³/mol. The van der Waals surface area contributed by atoms with Crippen molar-refractivity contribution >= 4 is 24.0 Å². The first-order chi connectivity index (χ1) is 7.58. The average molecular weight is 221 g/mol. The van der Waals surface area contributed by atoms with Crippen LogP contribution in [-0.4, -0.2) is 41.5 Å². The minimum Gasteiger partial charge on any atom is -0.368 e. The molecule has 0 radical (unpaired) electrons. The molecule has 0 saturated carbocycles. The number of amides is 1. The lowest BCUT2D eigenvalue weighted by molar-refractivity contribution is -0.117. The zero-order valence-electron chi connectivity index (χ0n) is 9.42. The number of hydrogen-bond donors (Lipinski definition) is 1. The zero-order chi connectivity index (χ0) is 11.7. The van der Waals surface area contributed by atoms with E-state index < -0.39 is 6.04 Å². The number of guanidine groups is 1. The Labute approximate surface area is 94.0 Å². The molecular formula is C10H15N5O. The molecule has 0 saturated heterocycles. The van der Waals surface area contributed by atoms with Crippen molar-refractivity contribution in [3.05, 3.63) is 0 Å². The second kappa shape index (κ2) is 4.03. The van der Waals surface area contributed by atoms with Crippen molar-refractivity contribution in [2.24, 2.45) is 26.6 Å². The fraction of sp³-hybridized carbons (Fsp3) is 0.600. The van der Waals surface area contributed by atoms with Crippen LogP contribution < -0.4 is 5.73 Å². The van der Waals surface area contributed by atoms with E-state index in [1.54, 1.807) is 6.34 Å². The molecule has 0 aromatic rings. The van der Waals surface area contributed by atoms with Crippen LogP contribution in [0.15, 0.2) is 15.0 Å². The van der Waals surface area contributed by atoms with Crippen LogP contribution in [0.25, 0.3) is 0 Å². The topological polar surface area (TPSA) is 83.4 Å². The van der Waals surface area contributed by atoms with Gasteiger partial charge in [0.05, 0.1) is 6.34 Å². The molecule has 2 aliphatic rings. The quantitative estimate of drug-likeness (QED) is 0.728. The summed E-state index contributed by atoms with van der Waals surface area (Å²) in [6.45, 7) is 5.10. The maximum atomic E-state index is 11.5. The van der Waals surface area contributed by atoms with Gasteiger partial charge in [-0.1, -0.05) is 13.8 Å². The average Bonchev–Trinajstić information content (AvgIpc) is 2.58. The third-order valence-electron chi connectivity index (χ3n) is 2.53. The Morgan fingerprint density at radius 1 is 1.50 bits per heavy atom. The molecule has 1 atom stereocenters. The van der Waals surface area contributed by atoms with Crippen LogP contribution in [0.1, 0.15) is 20.3 Å². The highest BCUT2D eigenvalue weighted by molar-refractivity contribution is 6.21. The summed E-state index contributed by atoms with van der Waals surface area (Å²) >= 11 is 0. The highest BCUT2D eigenvalue weighted by Crippen LogP contribution is 2.14. The molecule has 2 N–H and O–H groups in total. The van der Waals surface area contributed by atoms with E-state index in [0.29, 0.717) is 11.8 Å². The summed E-state index contributed by atoms with van der Waals surface area (Å²) in [5.74, 6) is 0.901. The minimum atomic E-state index is -0.570. The molecule has 2 aliphatic heterocycles. The molecule has 0 aromatic heterocycles. The fourth-order valence-corrected chi connectivity index (χ4v) is 1.62. The molecule has 2 heterocycles. The molecule has 1 amide bonds. The van der Waals surface area contributed by atoms with E-state index in [2.05, 4.69) is 28.8 Å². The number of hydrogen-bond acceptors (Lipinski definition) is 5. The van der Waals surface area contributed by atoms with Gasteiger partial charge in [0.25, 0.3) is 5.91 Å². The normalized spacial score (nSPS) is 23.6. The lowest BCUT2D eigenvalue weighted by Gasteiger charge is -2.20. The van der Waals surface area contributed by atoms with Crippen molar-refractivity contribution in [2.45, 2.75) is 26.3 Å². The number of amidine groups is 1. The summed E-state index contributed by atoms with van der Waals surface area (Å²) in [5.41, 5.74) is 5.46. The van der Waals surface area contributed by atoms with Crippen molar-refractivity contribution in [3.63, 3.8) is 0 Å². The molecule has 0 fully saturated rings. The van der Waals surface area contributed by atoms with Gasteiger partial charge in [-0.15, -0.1) is 0 Å². The first-order valence-electron chi connectivity index (χ1n) is 5.34. The Balaban J connectivity index is 2.11.